The molecule has 1 aromatic carbocycles. The Kier molecular flexibility index (Phi) is 15.8. The fourth-order valence-electron chi connectivity index (χ4n) is 3.87. The fraction of sp³-hybridized carbons (Fsp3) is 0.600. The molecule has 2 aromatic rings. The first-order valence-electron chi connectivity index (χ1n) is 13.6. The van der Waals surface area contributed by atoms with E-state index in [9.17, 15) is 0 Å². The van der Waals surface area contributed by atoms with E-state index in [2.05, 4.69) is 60.2 Å². The first-order chi connectivity index (χ1) is 16.8. The molecule has 0 spiro atoms. The molecule has 2 rings (SSSR count). The van der Waals surface area contributed by atoms with Gasteiger partial charge in [0.15, 0.2) is 11.6 Å². The molecule has 0 unspecified atom stereocenters. The smallest absolute Gasteiger partial charge is 0.159 e. The molecule has 0 fully saturated rings. The number of allylic oxidation sites excluding steroid dienone is 1. The minimum Gasteiger partial charge on any atom is -0.486 e. The summed E-state index contributed by atoms with van der Waals surface area (Å²) in [5.41, 5.74) is 2.42. The number of rotatable bonds is 20. The van der Waals surface area contributed by atoms with Gasteiger partial charge in [-0.15, -0.1) is 0 Å². The second-order valence-electron chi connectivity index (χ2n) is 9.05. The summed E-state index contributed by atoms with van der Waals surface area (Å²) in [5, 5.41) is 0. The lowest BCUT2D eigenvalue weighted by Crippen LogP contribution is -1.96. The van der Waals surface area contributed by atoms with Crippen LogP contribution in [-0.2, 0) is 11.2 Å². The Hall–Kier alpha value is -2.20. The van der Waals surface area contributed by atoms with Crippen molar-refractivity contribution in [1.29, 1.82) is 0 Å². The highest BCUT2D eigenvalue weighted by Gasteiger charge is 2.03. The van der Waals surface area contributed by atoms with Gasteiger partial charge in [0, 0.05) is 18.8 Å². The largest absolute Gasteiger partial charge is 0.486 e. The van der Waals surface area contributed by atoms with Crippen LogP contribution in [0.15, 0.2) is 48.8 Å². The summed E-state index contributed by atoms with van der Waals surface area (Å²) in [6, 6.07) is 8.63. The van der Waals surface area contributed by atoms with Crippen molar-refractivity contribution in [2.45, 2.75) is 97.3 Å². The zero-order valence-corrected chi connectivity index (χ0v) is 21.6. The Bertz CT molecular complexity index is 756. The minimum atomic E-state index is 0.568. The highest BCUT2D eigenvalue weighted by Crippen LogP contribution is 2.18. The van der Waals surface area contributed by atoms with Gasteiger partial charge in [-0.3, -0.25) is 0 Å². The molecule has 0 saturated carbocycles. The standard InChI is InChI=1S/C30H46N2O2/c1-3-5-6-7-8-9-10-12-16-24-34-29-25-31-30(32-26-29)28-20-18-27(19-21-28)17-14-11-13-15-23-33-22-4-2/h12,16,18-21,25-26H,3-11,13-15,17,22-24H2,1-2H3/b16-12+. The number of aromatic nitrogens is 2. The minimum absolute atomic E-state index is 0.568. The van der Waals surface area contributed by atoms with E-state index < -0.39 is 0 Å². The monoisotopic (exact) mass is 466 g/mol. The van der Waals surface area contributed by atoms with Crippen molar-refractivity contribution < 1.29 is 9.47 Å². The second-order valence-corrected chi connectivity index (χ2v) is 9.05. The molecule has 0 saturated heterocycles. The molecular formula is C30H46N2O2. The van der Waals surface area contributed by atoms with Crippen molar-refractivity contribution in [2.75, 3.05) is 19.8 Å². The number of hydrogen-bond donors (Lipinski definition) is 0. The van der Waals surface area contributed by atoms with Gasteiger partial charge in [0.2, 0.25) is 0 Å². The molecule has 0 radical (unpaired) electrons. The summed E-state index contributed by atoms with van der Waals surface area (Å²) in [6.45, 7) is 6.77. The predicted molar refractivity (Wildman–Crippen MR) is 143 cm³/mol. The van der Waals surface area contributed by atoms with Crippen molar-refractivity contribution in [3.63, 3.8) is 0 Å². The molecule has 4 nitrogen and oxygen atoms in total. The van der Waals surface area contributed by atoms with E-state index in [0.717, 1.165) is 43.9 Å². The molecule has 0 atom stereocenters. The zero-order chi connectivity index (χ0) is 24.1. The number of aryl methyl sites for hydroxylation is 1. The fourth-order valence-corrected chi connectivity index (χ4v) is 3.87. The number of benzene rings is 1. The van der Waals surface area contributed by atoms with Gasteiger partial charge in [0.25, 0.3) is 0 Å². The molecule has 4 heteroatoms. The molecule has 0 amide bonds. The lowest BCUT2D eigenvalue weighted by atomic mass is 10.0. The predicted octanol–water partition coefficient (Wildman–Crippen LogP) is 8.36. The van der Waals surface area contributed by atoms with Crippen molar-refractivity contribution in [1.82, 2.24) is 9.97 Å². The van der Waals surface area contributed by atoms with Gasteiger partial charge in [-0.25, -0.2) is 9.97 Å². The van der Waals surface area contributed by atoms with E-state index in [1.165, 1.54) is 69.8 Å². The van der Waals surface area contributed by atoms with Crippen LogP contribution in [0.4, 0.5) is 0 Å². The van der Waals surface area contributed by atoms with Crippen LogP contribution in [0.25, 0.3) is 11.4 Å². The lowest BCUT2D eigenvalue weighted by molar-refractivity contribution is 0.130. The molecule has 188 valence electrons. The maximum absolute atomic E-state index is 5.75. The van der Waals surface area contributed by atoms with E-state index in [4.69, 9.17) is 9.47 Å². The van der Waals surface area contributed by atoms with Gasteiger partial charge in [-0.2, -0.15) is 0 Å². The van der Waals surface area contributed by atoms with Crippen LogP contribution in [0, 0.1) is 0 Å². The lowest BCUT2D eigenvalue weighted by Gasteiger charge is -2.06. The van der Waals surface area contributed by atoms with E-state index in [0.29, 0.717) is 12.4 Å². The van der Waals surface area contributed by atoms with Crippen molar-refractivity contribution in [3.05, 3.63) is 54.4 Å². The molecule has 0 aliphatic carbocycles. The van der Waals surface area contributed by atoms with Crippen LogP contribution in [0.2, 0.25) is 0 Å². The quantitative estimate of drug-likeness (QED) is 0.145. The highest BCUT2D eigenvalue weighted by atomic mass is 16.5. The molecular weight excluding hydrogens is 420 g/mol. The second kappa shape index (κ2) is 19.1. The Balaban J connectivity index is 1.60. The van der Waals surface area contributed by atoms with Crippen LogP contribution < -0.4 is 4.74 Å². The van der Waals surface area contributed by atoms with Gasteiger partial charge in [0.1, 0.15) is 6.61 Å². The average molecular weight is 467 g/mol. The van der Waals surface area contributed by atoms with Crippen LogP contribution in [0.5, 0.6) is 5.75 Å². The SMILES string of the molecule is CCCCCCCC/C=C/COc1cnc(-c2ccc(CCCCCCOCCC)cc2)nc1. The highest BCUT2D eigenvalue weighted by molar-refractivity contribution is 5.55. The third-order valence-electron chi connectivity index (χ3n) is 5.93. The Labute approximate surface area is 208 Å². The van der Waals surface area contributed by atoms with Gasteiger partial charge < -0.3 is 9.47 Å². The summed E-state index contributed by atoms with van der Waals surface area (Å²) in [5.74, 6) is 1.45. The van der Waals surface area contributed by atoms with E-state index in [-0.39, 0.29) is 0 Å². The Morgan fingerprint density at radius 1 is 0.706 bits per heavy atom. The van der Waals surface area contributed by atoms with Gasteiger partial charge >= 0.3 is 0 Å². The first-order valence-corrected chi connectivity index (χ1v) is 13.6. The first kappa shape index (κ1) is 28.0. The average Bonchev–Trinajstić information content (AvgIpc) is 2.87. The van der Waals surface area contributed by atoms with Gasteiger partial charge in [-0.1, -0.05) is 95.2 Å². The summed E-state index contributed by atoms with van der Waals surface area (Å²) in [4.78, 5) is 8.97. The third-order valence-corrected chi connectivity index (χ3v) is 5.93. The molecule has 34 heavy (non-hydrogen) atoms. The molecule has 0 aliphatic rings. The maximum atomic E-state index is 5.75. The summed E-state index contributed by atoms with van der Waals surface area (Å²) in [7, 11) is 0. The van der Waals surface area contributed by atoms with Crippen molar-refractivity contribution >= 4 is 0 Å². The summed E-state index contributed by atoms with van der Waals surface area (Å²) < 4.78 is 11.3. The normalized spacial score (nSPS) is 11.4. The van der Waals surface area contributed by atoms with Crippen LogP contribution in [0.3, 0.4) is 0 Å². The molecule has 0 bridgehead atoms. The molecule has 1 aromatic heterocycles. The Morgan fingerprint density at radius 2 is 1.41 bits per heavy atom. The molecule has 1 heterocycles. The van der Waals surface area contributed by atoms with E-state index in [1.807, 2.05) is 0 Å². The van der Waals surface area contributed by atoms with E-state index in [1.54, 1.807) is 12.4 Å². The van der Waals surface area contributed by atoms with Gasteiger partial charge in [0.05, 0.1) is 12.4 Å². The topological polar surface area (TPSA) is 44.2 Å². The van der Waals surface area contributed by atoms with Crippen LogP contribution in [-0.4, -0.2) is 29.8 Å². The number of nitrogens with zero attached hydrogens (tertiary/aromatic N) is 2. The number of hydrogen-bond acceptors (Lipinski definition) is 4. The van der Waals surface area contributed by atoms with Crippen LogP contribution in [0.1, 0.15) is 96.5 Å². The summed E-state index contributed by atoms with van der Waals surface area (Å²) in [6.07, 6.45) is 24.1. The van der Waals surface area contributed by atoms with Crippen molar-refractivity contribution in [3.8, 4) is 17.1 Å². The summed E-state index contributed by atoms with van der Waals surface area (Å²) >= 11 is 0. The third kappa shape index (κ3) is 12.9. The van der Waals surface area contributed by atoms with Crippen LogP contribution >= 0.6 is 0 Å². The zero-order valence-electron chi connectivity index (χ0n) is 21.6. The van der Waals surface area contributed by atoms with Crippen molar-refractivity contribution in [2.24, 2.45) is 0 Å². The Morgan fingerprint density at radius 3 is 2.18 bits per heavy atom. The number of ether oxygens (including phenoxy) is 2. The number of unbranched alkanes of at least 4 members (excludes halogenated alkanes) is 9. The van der Waals surface area contributed by atoms with Gasteiger partial charge in [-0.05, 0) is 44.1 Å². The molecule has 0 aliphatic heterocycles. The maximum Gasteiger partial charge on any atom is 0.159 e. The van der Waals surface area contributed by atoms with E-state index >= 15 is 0 Å². The molecule has 0 N–H and O–H groups in total.